The molecule has 0 saturated carbocycles. The molecule has 0 aliphatic rings. The van der Waals surface area contributed by atoms with Gasteiger partial charge in [-0.3, -0.25) is 0 Å². The largest absolute Gasteiger partial charge is 0.464 e. The van der Waals surface area contributed by atoms with E-state index in [2.05, 4.69) is 0 Å². The van der Waals surface area contributed by atoms with Gasteiger partial charge in [0.1, 0.15) is 11.6 Å². The van der Waals surface area contributed by atoms with Gasteiger partial charge in [0.05, 0.1) is 23.5 Å². The normalized spacial score (nSPS) is 9.71. The van der Waals surface area contributed by atoms with Gasteiger partial charge in [0.25, 0.3) is 0 Å². The van der Waals surface area contributed by atoms with E-state index in [4.69, 9.17) is 9.68 Å². The van der Waals surface area contributed by atoms with Gasteiger partial charge in [-0.15, -0.1) is 0 Å². The molecule has 0 saturated heterocycles. The molecule has 0 unspecified atom stereocenters. The molecule has 1 aromatic carbocycles. The molecule has 1 heterocycles. The van der Waals surface area contributed by atoms with Gasteiger partial charge in [-0.05, 0) is 24.3 Å². The molecular weight excluding hydrogens is 181 g/mol. The lowest BCUT2D eigenvalue weighted by molar-refractivity contribution is 0.569. The van der Waals surface area contributed by atoms with E-state index >= 15 is 0 Å². The summed E-state index contributed by atoms with van der Waals surface area (Å²) in [5.74, 6) is -0.0707. The van der Waals surface area contributed by atoms with Crippen molar-refractivity contribution in [2.75, 3.05) is 0 Å². The number of nitriles is 1. The van der Waals surface area contributed by atoms with E-state index in [1.165, 1.54) is 18.4 Å². The summed E-state index contributed by atoms with van der Waals surface area (Å²) in [6.07, 6.45) is 1.45. The number of hydrogen-bond donors (Lipinski definition) is 0. The van der Waals surface area contributed by atoms with Crippen LogP contribution in [0.2, 0.25) is 0 Å². The van der Waals surface area contributed by atoms with Crippen molar-refractivity contribution in [2.24, 2.45) is 0 Å². The van der Waals surface area contributed by atoms with E-state index in [0.717, 1.165) is 0 Å². The third-order valence-corrected chi connectivity index (χ3v) is 1.90. The Hall–Kier alpha value is -2.08. The van der Waals surface area contributed by atoms with E-state index in [-0.39, 0.29) is 11.1 Å². The number of furan rings is 1. The van der Waals surface area contributed by atoms with E-state index in [1.54, 1.807) is 18.2 Å². The van der Waals surface area contributed by atoms with Crippen molar-refractivity contribution in [3.8, 4) is 17.4 Å². The molecule has 2 aromatic rings. The summed E-state index contributed by atoms with van der Waals surface area (Å²) in [6, 6.07) is 9.57. The van der Waals surface area contributed by atoms with Gasteiger partial charge in [-0.2, -0.15) is 5.26 Å². The molecule has 0 fully saturated rings. The van der Waals surface area contributed by atoms with Crippen LogP contribution in [0.25, 0.3) is 11.3 Å². The van der Waals surface area contributed by atoms with Crippen LogP contribution < -0.4 is 0 Å². The molecule has 68 valence electrons. The average Bonchev–Trinajstić information content (AvgIpc) is 2.70. The van der Waals surface area contributed by atoms with Crippen LogP contribution in [-0.4, -0.2) is 0 Å². The second kappa shape index (κ2) is 3.35. The molecule has 0 bridgehead atoms. The van der Waals surface area contributed by atoms with Crippen LogP contribution >= 0.6 is 0 Å². The first-order valence-electron chi connectivity index (χ1n) is 4.05. The fourth-order valence-electron chi connectivity index (χ4n) is 1.29. The predicted octanol–water partition coefficient (Wildman–Crippen LogP) is 2.96. The summed E-state index contributed by atoms with van der Waals surface area (Å²) in [5.41, 5.74) is 0.500. The molecule has 3 heteroatoms. The van der Waals surface area contributed by atoms with E-state index in [9.17, 15) is 4.39 Å². The molecule has 14 heavy (non-hydrogen) atoms. The summed E-state index contributed by atoms with van der Waals surface area (Å²) >= 11 is 0. The molecular formula is C11H6FNO. The Morgan fingerprint density at radius 3 is 2.71 bits per heavy atom. The minimum Gasteiger partial charge on any atom is -0.464 e. The summed E-state index contributed by atoms with van der Waals surface area (Å²) in [6.45, 7) is 0. The van der Waals surface area contributed by atoms with Gasteiger partial charge in [0.15, 0.2) is 0 Å². The summed E-state index contributed by atoms with van der Waals surface area (Å²) in [7, 11) is 0. The lowest BCUT2D eigenvalue weighted by Gasteiger charge is -2.00. The molecule has 0 aliphatic carbocycles. The second-order valence-corrected chi connectivity index (χ2v) is 2.75. The van der Waals surface area contributed by atoms with Gasteiger partial charge in [-0.1, -0.05) is 6.07 Å². The smallest absolute Gasteiger partial charge is 0.138 e. The van der Waals surface area contributed by atoms with Crippen LogP contribution in [0.1, 0.15) is 5.56 Å². The highest BCUT2D eigenvalue weighted by atomic mass is 19.1. The van der Waals surface area contributed by atoms with Gasteiger partial charge in [-0.25, -0.2) is 4.39 Å². The Morgan fingerprint density at radius 2 is 2.07 bits per heavy atom. The van der Waals surface area contributed by atoms with Crippen molar-refractivity contribution in [3.05, 3.63) is 48.0 Å². The van der Waals surface area contributed by atoms with Crippen LogP contribution in [0.4, 0.5) is 4.39 Å². The van der Waals surface area contributed by atoms with Crippen LogP contribution in [-0.2, 0) is 0 Å². The Labute approximate surface area is 80.2 Å². The molecule has 2 rings (SSSR count). The second-order valence-electron chi connectivity index (χ2n) is 2.75. The summed E-state index contributed by atoms with van der Waals surface area (Å²) < 4.78 is 18.4. The predicted molar refractivity (Wildman–Crippen MR) is 48.8 cm³/mol. The fraction of sp³-hybridized carbons (Fsp3) is 0. The highest BCUT2D eigenvalue weighted by Gasteiger charge is 2.12. The first-order chi connectivity index (χ1) is 6.83. The van der Waals surface area contributed by atoms with Crippen LogP contribution in [0.15, 0.2) is 41.0 Å². The SMILES string of the molecule is N#Cc1cccc(F)c1-c1ccco1. The molecule has 0 N–H and O–H groups in total. The third kappa shape index (κ3) is 1.27. The molecule has 0 atom stereocenters. The van der Waals surface area contributed by atoms with E-state index in [0.29, 0.717) is 5.76 Å². The van der Waals surface area contributed by atoms with Gasteiger partial charge >= 0.3 is 0 Å². The van der Waals surface area contributed by atoms with E-state index in [1.807, 2.05) is 6.07 Å². The Kier molecular flexibility index (Phi) is 2.04. The number of nitrogens with zero attached hydrogens (tertiary/aromatic N) is 1. The Morgan fingerprint density at radius 1 is 1.21 bits per heavy atom. The van der Waals surface area contributed by atoms with Crippen LogP contribution in [0, 0.1) is 17.1 Å². The molecule has 2 nitrogen and oxygen atoms in total. The van der Waals surface area contributed by atoms with Crippen molar-refractivity contribution in [1.29, 1.82) is 5.26 Å². The van der Waals surface area contributed by atoms with Crippen molar-refractivity contribution < 1.29 is 8.81 Å². The van der Waals surface area contributed by atoms with Gasteiger partial charge in [0.2, 0.25) is 0 Å². The zero-order valence-corrected chi connectivity index (χ0v) is 7.20. The number of halogens is 1. The molecule has 0 spiro atoms. The van der Waals surface area contributed by atoms with Crippen molar-refractivity contribution >= 4 is 0 Å². The molecule has 0 amide bonds. The minimum atomic E-state index is -0.445. The number of benzene rings is 1. The highest BCUT2D eigenvalue weighted by Crippen LogP contribution is 2.26. The maximum Gasteiger partial charge on any atom is 0.138 e. The third-order valence-electron chi connectivity index (χ3n) is 1.90. The zero-order chi connectivity index (χ0) is 9.97. The summed E-state index contributed by atoms with van der Waals surface area (Å²) in [5, 5.41) is 8.78. The lowest BCUT2D eigenvalue weighted by Crippen LogP contribution is -1.87. The van der Waals surface area contributed by atoms with Crippen molar-refractivity contribution in [3.63, 3.8) is 0 Å². The average molecular weight is 187 g/mol. The molecule has 1 aromatic heterocycles. The topological polar surface area (TPSA) is 36.9 Å². The number of hydrogen-bond acceptors (Lipinski definition) is 2. The monoisotopic (exact) mass is 187 g/mol. The van der Waals surface area contributed by atoms with E-state index < -0.39 is 5.82 Å². The van der Waals surface area contributed by atoms with Crippen LogP contribution in [0.5, 0.6) is 0 Å². The maximum absolute atomic E-state index is 13.4. The quantitative estimate of drug-likeness (QED) is 0.688. The van der Waals surface area contributed by atoms with Crippen LogP contribution in [0.3, 0.4) is 0 Å². The van der Waals surface area contributed by atoms with Crippen molar-refractivity contribution in [1.82, 2.24) is 0 Å². The standard InChI is InChI=1S/C11H6FNO/c12-9-4-1-3-8(7-13)11(9)10-5-2-6-14-10/h1-6H. The highest BCUT2D eigenvalue weighted by molar-refractivity contribution is 5.66. The zero-order valence-electron chi connectivity index (χ0n) is 7.20. The maximum atomic E-state index is 13.4. The molecule has 0 aliphatic heterocycles. The fourth-order valence-corrected chi connectivity index (χ4v) is 1.29. The lowest BCUT2D eigenvalue weighted by atomic mass is 10.1. The molecule has 0 radical (unpaired) electrons. The minimum absolute atomic E-state index is 0.222. The summed E-state index contributed by atoms with van der Waals surface area (Å²) in [4.78, 5) is 0. The Balaban J connectivity index is 2.69. The number of rotatable bonds is 1. The first kappa shape index (κ1) is 8.52. The first-order valence-corrected chi connectivity index (χ1v) is 4.05. The van der Waals surface area contributed by atoms with Gasteiger partial charge < -0.3 is 4.42 Å². The van der Waals surface area contributed by atoms with Crippen molar-refractivity contribution in [2.45, 2.75) is 0 Å². The van der Waals surface area contributed by atoms with Gasteiger partial charge in [0, 0.05) is 0 Å². The Bertz CT molecular complexity index is 482.